The standard InChI is InChI=1S/C10H18N2O3/c1-7(10(14)15-2)12-9(13)5-6-11-8-3-4-8/h7-8,11H,3-6H2,1-2H3,(H,12,13)/t7-/m0/s1. The first-order valence-electron chi connectivity index (χ1n) is 5.24. The molecule has 0 aliphatic heterocycles. The molecule has 86 valence electrons. The zero-order valence-corrected chi connectivity index (χ0v) is 9.21. The van der Waals surface area contributed by atoms with E-state index in [-0.39, 0.29) is 5.91 Å². The minimum Gasteiger partial charge on any atom is -0.467 e. The summed E-state index contributed by atoms with van der Waals surface area (Å²) in [6, 6.07) is 0.0410. The average Bonchev–Trinajstić information content (AvgIpc) is 3.00. The minimum atomic E-state index is -0.566. The van der Waals surface area contributed by atoms with E-state index in [0.717, 1.165) is 0 Å². The first kappa shape index (κ1) is 12.0. The molecule has 0 unspecified atom stereocenters. The summed E-state index contributed by atoms with van der Waals surface area (Å²) in [5.41, 5.74) is 0. The highest BCUT2D eigenvalue weighted by Crippen LogP contribution is 2.18. The zero-order chi connectivity index (χ0) is 11.3. The molecular weight excluding hydrogens is 196 g/mol. The van der Waals surface area contributed by atoms with Crippen molar-refractivity contribution in [3.63, 3.8) is 0 Å². The van der Waals surface area contributed by atoms with Gasteiger partial charge in [0, 0.05) is 19.0 Å². The summed E-state index contributed by atoms with van der Waals surface area (Å²) >= 11 is 0. The molecule has 0 heterocycles. The van der Waals surface area contributed by atoms with E-state index in [2.05, 4.69) is 15.4 Å². The van der Waals surface area contributed by atoms with Gasteiger partial charge in [0.25, 0.3) is 0 Å². The Balaban J connectivity index is 2.07. The number of hydrogen-bond donors (Lipinski definition) is 2. The molecule has 1 aliphatic carbocycles. The Bertz CT molecular complexity index is 239. The lowest BCUT2D eigenvalue weighted by atomic mass is 10.3. The molecule has 0 aromatic rings. The molecule has 15 heavy (non-hydrogen) atoms. The average molecular weight is 214 g/mol. The molecule has 1 atom stereocenters. The van der Waals surface area contributed by atoms with Gasteiger partial charge in [-0.25, -0.2) is 4.79 Å². The van der Waals surface area contributed by atoms with Crippen LogP contribution in [0.5, 0.6) is 0 Å². The highest BCUT2D eigenvalue weighted by molar-refractivity contribution is 5.84. The summed E-state index contributed by atoms with van der Waals surface area (Å²) in [4.78, 5) is 22.3. The predicted octanol–water partition coefficient (Wildman–Crippen LogP) is -0.194. The zero-order valence-electron chi connectivity index (χ0n) is 9.21. The fraction of sp³-hybridized carbons (Fsp3) is 0.800. The number of rotatable bonds is 6. The molecule has 0 spiro atoms. The van der Waals surface area contributed by atoms with Crippen molar-refractivity contribution in [3.8, 4) is 0 Å². The topological polar surface area (TPSA) is 67.4 Å². The summed E-state index contributed by atoms with van der Waals surface area (Å²) in [5.74, 6) is -0.542. The predicted molar refractivity (Wildman–Crippen MR) is 55.3 cm³/mol. The number of carbonyl (C=O) groups excluding carboxylic acids is 2. The van der Waals surface area contributed by atoms with Crippen LogP contribution in [0, 0.1) is 0 Å². The summed E-state index contributed by atoms with van der Waals surface area (Å²) in [6.07, 6.45) is 2.82. The largest absolute Gasteiger partial charge is 0.467 e. The molecule has 0 bridgehead atoms. The Morgan fingerprint density at radius 2 is 2.13 bits per heavy atom. The van der Waals surface area contributed by atoms with Gasteiger partial charge in [-0.1, -0.05) is 0 Å². The molecule has 1 rings (SSSR count). The van der Waals surface area contributed by atoms with E-state index in [1.807, 2.05) is 0 Å². The molecule has 0 aromatic carbocycles. The van der Waals surface area contributed by atoms with Gasteiger partial charge in [-0.05, 0) is 19.8 Å². The van der Waals surface area contributed by atoms with Crippen LogP contribution in [0.25, 0.3) is 0 Å². The van der Waals surface area contributed by atoms with Crippen molar-refractivity contribution < 1.29 is 14.3 Å². The van der Waals surface area contributed by atoms with Crippen LogP contribution in [0.4, 0.5) is 0 Å². The quantitative estimate of drug-likeness (QED) is 0.601. The fourth-order valence-electron chi connectivity index (χ4n) is 1.23. The second-order valence-corrected chi connectivity index (χ2v) is 3.79. The lowest BCUT2D eigenvalue weighted by Gasteiger charge is -2.11. The van der Waals surface area contributed by atoms with Crippen LogP contribution in [0.3, 0.4) is 0 Å². The Labute approximate surface area is 89.6 Å². The number of esters is 1. The third kappa shape index (κ3) is 4.78. The van der Waals surface area contributed by atoms with Crippen LogP contribution in [0.1, 0.15) is 26.2 Å². The van der Waals surface area contributed by atoms with E-state index in [4.69, 9.17) is 0 Å². The van der Waals surface area contributed by atoms with Gasteiger partial charge < -0.3 is 15.4 Å². The van der Waals surface area contributed by atoms with Crippen molar-refractivity contribution in [2.45, 2.75) is 38.3 Å². The monoisotopic (exact) mass is 214 g/mol. The number of ether oxygens (including phenoxy) is 1. The van der Waals surface area contributed by atoms with E-state index in [0.29, 0.717) is 19.0 Å². The third-order valence-electron chi connectivity index (χ3n) is 2.29. The van der Waals surface area contributed by atoms with Crippen molar-refractivity contribution in [1.29, 1.82) is 0 Å². The van der Waals surface area contributed by atoms with Crippen molar-refractivity contribution in [2.75, 3.05) is 13.7 Å². The van der Waals surface area contributed by atoms with Gasteiger partial charge in [0.1, 0.15) is 6.04 Å². The summed E-state index contributed by atoms with van der Waals surface area (Å²) < 4.78 is 4.50. The molecule has 5 nitrogen and oxygen atoms in total. The summed E-state index contributed by atoms with van der Waals surface area (Å²) in [6.45, 7) is 2.28. The summed E-state index contributed by atoms with van der Waals surface area (Å²) in [7, 11) is 1.31. The lowest BCUT2D eigenvalue weighted by Crippen LogP contribution is -2.40. The molecule has 1 fully saturated rings. The Morgan fingerprint density at radius 1 is 1.47 bits per heavy atom. The second kappa shape index (κ2) is 5.70. The first-order valence-corrected chi connectivity index (χ1v) is 5.24. The highest BCUT2D eigenvalue weighted by Gasteiger charge is 2.20. The number of hydrogen-bond acceptors (Lipinski definition) is 4. The van der Waals surface area contributed by atoms with Gasteiger partial charge in [0.05, 0.1) is 7.11 Å². The smallest absolute Gasteiger partial charge is 0.328 e. The van der Waals surface area contributed by atoms with E-state index < -0.39 is 12.0 Å². The van der Waals surface area contributed by atoms with Crippen molar-refractivity contribution in [2.24, 2.45) is 0 Å². The maximum absolute atomic E-state index is 11.3. The number of methoxy groups -OCH3 is 1. The van der Waals surface area contributed by atoms with Crippen molar-refractivity contribution >= 4 is 11.9 Å². The van der Waals surface area contributed by atoms with Gasteiger partial charge >= 0.3 is 5.97 Å². The van der Waals surface area contributed by atoms with Crippen LogP contribution in [0.2, 0.25) is 0 Å². The van der Waals surface area contributed by atoms with Gasteiger partial charge in [0.2, 0.25) is 5.91 Å². The van der Waals surface area contributed by atoms with Crippen molar-refractivity contribution in [3.05, 3.63) is 0 Å². The number of carbonyl (C=O) groups is 2. The maximum Gasteiger partial charge on any atom is 0.328 e. The van der Waals surface area contributed by atoms with Crippen LogP contribution < -0.4 is 10.6 Å². The lowest BCUT2D eigenvalue weighted by molar-refractivity contribution is -0.144. The Morgan fingerprint density at radius 3 is 2.67 bits per heavy atom. The normalized spacial score (nSPS) is 16.9. The molecular formula is C10H18N2O3. The van der Waals surface area contributed by atoms with Crippen molar-refractivity contribution in [1.82, 2.24) is 10.6 Å². The third-order valence-corrected chi connectivity index (χ3v) is 2.29. The van der Waals surface area contributed by atoms with E-state index in [1.165, 1.54) is 20.0 Å². The molecule has 0 aromatic heterocycles. The first-order chi connectivity index (χ1) is 7.13. The van der Waals surface area contributed by atoms with Crippen LogP contribution in [-0.4, -0.2) is 37.6 Å². The molecule has 1 aliphatic rings. The Hall–Kier alpha value is -1.10. The van der Waals surface area contributed by atoms with Crippen LogP contribution in [-0.2, 0) is 14.3 Å². The fourth-order valence-corrected chi connectivity index (χ4v) is 1.23. The van der Waals surface area contributed by atoms with E-state index in [1.54, 1.807) is 6.92 Å². The van der Waals surface area contributed by atoms with Gasteiger partial charge in [0.15, 0.2) is 0 Å². The Kier molecular flexibility index (Phi) is 4.55. The van der Waals surface area contributed by atoms with E-state index >= 15 is 0 Å². The van der Waals surface area contributed by atoms with Gasteiger partial charge in [-0.15, -0.1) is 0 Å². The maximum atomic E-state index is 11.3. The second-order valence-electron chi connectivity index (χ2n) is 3.79. The van der Waals surface area contributed by atoms with Gasteiger partial charge in [-0.2, -0.15) is 0 Å². The van der Waals surface area contributed by atoms with Crippen LogP contribution in [0.15, 0.2) is 0 Å². The molecule has 2 N–H and O–H groups in total. The van der Waals surface area contributed by atoms with Gasteiger partial charge in [-0.3, -0.25) is 4.79 Å². The van der Waals surface area contributed by atoms with E-state index in [9.17, 15) is 9.59 Å². The molecule has 1 amide bonds. The van der Waals surface area contributed by atoms with Crippen LogP contribution >= 0.6 is 0 Å². The summed E-state index contributed by atoms with van der Waals surface area (Å²) in [5, 5.41) is 5.80. The SMILES string of the molecule is COC(=O)[C@H](C)NC(=O)CCNC1CC1. The molecule has 0 saturated heterocycles. The molecule has 0 radical (unpaired) electrons. The molecule has 1 saturated carbocycles. The highest BCUT2D eigenvalue weighted by atomic mass is 16.5. The minimum absolute atomic E-state index is 0.124. The number of amides is 1. The number of nitrogens with one attached hydrogen (secondary N) is 2. The molecule has 5 heteroatoms.